The quantitative estimate of drug-likeness (QED) is 0.424. The van der Waals surface area contributed by atoms with Crippen molar-refractivity contribution in [3.63, 3.8) is 0 Å². The maximum Gasteiger partial charge on any atom is 0.255 e. The standard InChI is InChI=1S/C23H21NO4S/c1-27-18-11-12-22(28-2)20(14-18)24-23(26)17-9-6-10-19(13-17)29-15-21(25)16-7-4-3-5-8-16/h3-14H,15H2,1-2H3,(H,24,26). The summed E-state index contributed by atoms with van der Waals surface area (Å²) in [6, 6.07) is 21.5. The maximum atomic E-state index is 12.7. The highest BCUT2D eigenvalue weighted by molar-refractivity contribution is 8.00. The molecule has 3 aromatic rings. The van der Waals surface area contributed by atoms with Crippen molar-refractivity contribution in [3.8, 4) is 11.5 Å². The number of anilines is 1. The first-order valence-electron chi connectivity index (χ1n) is 8.95. The van der Waals surface area contributed by atoms with Crippen LogP contribution in [-0.4, -0.2) is 31.7 Å². The average Bonchev–Trinajstić information content (AvgIpc) is 2.78. The van der Waals surface area contributed by atoms with E-state index in [4.69, 9.17) is 9.47 Å². The van der Waals surface area contributed by atoms with Crippen molar-refractivity contribution in [1.82, 2.24) is 0 Å². The molecule has 29 heavy (non-hydrogen) atoms. The second-order valence-electron chi connectivity index (χ2n) is 6.13. The number of carbonyl (C=O) groups is 2. The molecule has 0 aromatic heterocycles. The minimum Gasteiger partial charge on any atom is -0.497 e. The molecule has 0 saturated carbocycles. The van der Waals surface area contributed by atoms with Gasteiger partial charge in [-0.1, -0.05) is 36.4 Å². The van der Waals surface area contributed by atoms with Crippen LogP contribution >= 0.6 is 11.8 Å². The van der Waals surface area contributed by atoms with E-state index in [9.17, 15) is 9.59 Å². The van der Waals surface area contributed by atoms with Gasteiger partial charge in [-0.05, 0) is 30.3 Å². The zero-order chi connectivity index (χ0) is 20.6. The first-order chi connectivity index (χ1) is 14.1. The van der Waals surface area contributed by atoms with Gasteiger partial charge in [-0.15, -0.1) is 11.8 Å². The molecule has 6 heteroatoms. The highest BCUT2D eigenvalue weighted by Crippen LogP contribution is 2.29. The number of thioether (sulfide) groups is 1. The van der Waals surface area contributed by atoms with Crippen molar-refractivity contribution < 1.29 is 19.1 Å². The molecule has 0 saturated heterocycles. The Bertz CT molecular complexity index is 1000. The Morgan fingerprint density at radius 2 is 1.62 bits per heavy atom. The summed E-state index contributed by atoms with van der Waals surface area (Å²) in [5.74, 6) is 1.24. The number of hydrogen-bond donors (Lipinski definition) is 1. The number of amides is 1. The Kier molecular flexibility index (Phi) is 6.92. The molecule has 1 amide bonds. The van der Waals surface area contributed by atoms with E-state index in [2.05, 4.69) is 5.32 Å². The summed E-state index contributed by atoms with van der Waals surface area (Å²) in [5.41, 5.74) is 1.69. The van der Waals surface area contributed by atoms with Crippen molar-refractivity contribution in [3.05, 3.63) is 83.9 Å². The predicted octanol–water partition coefficient (Wildman–Crippen LogP) is 4.93. The van der Waals surface area contributed by atoms with Gasteiger partial charge >= 0.3 is 0 Å². The van der Waals surface area contributed by atoms with Crippen LogP contribution in [0.25, 0.3) is 0 Å². The van der Waals surface area contributed by atoms with E-state index in [0.29, 0.717) is 34.1 Å². The molecule has 0 bridgehead atoms. The summed E-state index contributed by atoms with van der Waals surface area (Å²) >= 11 is 1.40. The largest absolute Gasteiger partial charge is 0.497 e. The number of Topliss-reactive ketones (excluding diaryl/α,β-unsaturated/α-hetero) is 1. The Morgan fingerprint density at radius 1 is 0.862 bits per heavy atom. The molecular weight excluding hydrogens is 386 g/mol. The first-order valence-corrected chi connectivity index (χ1v) is 9.94. The molecule has 0 fully saturated rings. The van der Waals surface area contributed by atoms with Gasteiger partial charge < -0.3 is 14.8 Å². The number of rotatable bonds is 8. The zero-order valence-corrected chi connectivity index (χ0v) is 17.0. The van der Waals surface area contributed by atoms with Crippen molar-refractivity contribution in [2.75, 3.05) is 25.3 Å². The van der Waals surface area contributed by atoms with Gasteiger partial charge in [0.2, 0.25) is 0 Å². The van der Waals surface area contributed by atoms with Gasteiger partial charge in [0.25, 0.3) is 5.91 Å². The van der Waals surface area contributed by atoms with Crippen molar-refractivity contribution >= 4 is 29.1 Å². The number of hydrogen-bond acceptors (Lipinski definition) is 5. The zero-order valence-electron chi connectivity index (χ0n) is 16.2. The molecule has 148 valence electrons. The van der Waals surface area contributed by atoms with E-state index in [0.717, 1.165) is 4.90 Å². The lowest BCUT2D eigenvalue weighted by Gasteiger charge is -2.12. The van der Waals surface area contributed by atoms with E-state index in [1.807, 2.05) is 24.3 Å². The third-order valence-electron chi connectivity index (χ3n) is 4.22. The van der Waals surface area contributed by atoms with Crippen LogP contribution in [0.3, 0.4) is 0 Å². The van der Waals surface area contributed by atoms with E-state index >= 15 is 0 Å². The highest BCUT2D eigenvalue weighted by Gasteiger charge is 2.12. The van der Waals surface area contributed by atoms with E-state index < -0.39 is 0 Å². The Balaban J connectivity index is 1.69. The number of nitrogens with one attached hydrogen (secondary N) is 1. The Hall–Kier alpha value is -3.25. The van der Waals surface area contributed by atoms with E-state index in [-0.39, 0.29) is 11.7 Å². The summed E-state index contributed by atoms with van der Waals surface area (Å²) < 4.78 is 10.5. The molecule has 0 radical (unpaired) electrons. The molecule has 3 aromatic carbocycles. The maximum absolute atomic E-state index is 12.7. The van der Waals surface area contributed by atoms with Crippen LogP contribution in [0.2, 0.25) is 0 Å². The summed E-state index contributed by atoms with van der Waals surface area (Å²) in [6.07, 6.45) is 0. The number of ether oxygens (including phenoxy) is 2. The first kappa shape index (κ1) is 20.5. The average molecular weight is 407 g/mol. The van der Waals surface area contributed by atoms with Gasteiger partial charge in [0.05, 0.1) is 25.7 Å². The molecule has 0 unspecified atom stereocenters. The molecule has 3 rings (SSSR count). The lowest BCUT2D eigenvalue weighted by atomic mass is 10.2. The van der Waals surface area contributed by atoms with Crippen LogP contribution in [0.15, 0.2) is 77.7 Å². The second-order valence-corrected chi connectivity index (χ2v) is 7.17. The number of carbonyl (C=O) groups excluding carboxylic acids is 2. The topological polar surface area (TPSA) is 64.6 Å². The molecule has 5 nitrogen and oxygen atoms in total. The van der Waals surface area contributed by atoms with Crippen LogP contribution in [-0.2, 0) is 0 Å². The van der Waals surface area contributed by atoms with Crippen LogP contribution in [0.1, 0.15) is 20.7 Å². The van der Waals surface area contributed by atoms with Crippen LogP contribution in [0.4, 0.5) is 5.69 Å². The summed E-state index contributed by atoms with van der Waals surface area (Å²) in [6.45, 7) is 0. The van der Waals surface area contributed by atoms with Crippen molar-refractivity contribution in [1.29, 1.82) is 0 Å². The van der Waals surface area contributed by atoms with Crippen molar-refractivity contribution in [2.24, 2.45) is 0 Å². The van der Waals surface area contributed by atoms with Gasteiger partial charge in [0.15, 0.2) is 5.78 Å². The van der Waals surface area contributed by atoms with Crippen molar-refractivity contribution in [2.45, 2.75) is 4.90 Å². The highest BCUT2D eigenvalue weighted by atomic mass is 32.2. The molecular formula is C23H21NO4S. The lowest BCUT2D eigenvalue weighted by molar-refractivity contribution is 0.101. The summed E-state index contributed by atoms with van der Waals surface area (Å²) in [7, 11) is 3.10. The third-order valence-corrected chi connectivity index (χ3v) is 5.21. The fourth-order valence-corrected chi connectivity index (χ4v) is 3.54. The number of benzene rings is 3. The van der Waals surface area contributed by atoms with E-state index in [1.54, 1.807) is 62.8 Å². The third kappa shape index (κ3) is 5.39. The predicted molar refractivity (Wildman–Crippen MR) is 115 cm³/mol. The fourth-order valence-electron chi connectivity index (χ4n) is 2.69. The van der Waals surface area contributed by atoms with Gasteiger partial charge in [-0.3, -0.25) is 9.59 Å². The van der Waals surface area contributed by atoms with Gasteiger partial charge in [0, 0.05) is 22.1 Å². The Morgan fingerprint density at radius 3 is 2.34 bits per heavy atom. The van der Waals surface area contributed by atoms with Gasteiger partial charge in [0.1, 0.15) is 11.5 Å². The van der Waals surface area contributed by atoms with Gasteiger partial charge in [-0.2, -0.15) is 0 Å². The normalized spacial score (nSPS) is 10.3. The van der Waals surface area contributed by atoms with Gasteiger partial charge in [-0.25, -0.2) is 0 Å². The monoisotopic (exact) mass is 407 g/mol. The molecule has 0 aliphatic heterocycles. The molecule has 0 aliphatic rings. The Labute approximate surface area is 174 Å². The second kappa shape index (κ2) is 9.80. The van der Waals surface area contributed by atoms with E-state index in [1.165, 1.54) is 11.8 Å². The van der Waals surface area contributed by atoms with Crippen LogP contribution < -0.4 is 14.8 Å². The SMILES string of the molecule is COc1ccc(OC)c(NC(=O)c2cccc(SCC(=O)c3ccccc3)c2)c1. The fraction of sp³-hybridized carbons (Fsp3) is 0.130. The molecule has 0 heterocycles. The van der Waals surface area contributed by atoms with Crippen LogP contribution in [0.5, 0.6) is 11.5 Å². The molecule has 1 N–H and O–H groups in total. The number of ketones is 1. The molecule has 0 spiro atoms. The summed E-state index contributed by atoms with van der Waals surface area (Å²) in [5, 5.41) is 2.85. The number of methoxy groups -OCH3 is 2. The minimum absolute atomic E-state index is 0.0478. The summed E-state index contributed by atoms with van der Waals surface area (Å²) in [4.78, 5) is 25.8. The molecule has 0 aliphatic carbocycles. The minimum atomic E-state index is -0.270. The molecule has 0 atom stereocenters. The van der Waals surface area contributed by atoms with Crippen LogP contribution in [0, 0.1) is 0 Å². The lowest BCUT2D eigenvalue weighted by Crippen LogP contribution is -2.13. The smallest absolute Gasteiger partial charge is 0.255 e.